The van der Waals surface area contributed by atoms with Gasteiger partial charge in [-0.25, -0.2) is 13.2 Å². The molecule has 0 bridgehead atoms. The summed E-state index contributed by atoms with van der Waals surface area (Å²) in [6.07, 6.45) is 5.17. The number of hydrogen-bond acceptors (Lipinski definition) is 1. The zero-order valence-corrected chi connectivity index (χ0v) is 16.3. The van der Waals surface area contributed by atoms with Gasteiger partial charge < -0.3 is 4.74 Å². The zero-order valence-electron chi connectivity index (χ0n) is 16.3. The lowest BCUT2D eigenvalue weighted by atomic mass is 9.94. The van der Waals surface area contributed by atoms with E-state index in [1.54, 1.807) is 55.5 Å². The maximum absolute atomic E-state index is 14.3. The van der Waals surface area contributed by atoms with Crippen molar-refractivity contribution < 1.29 is 17.9 Å². The number of benzene rings is 2. The summed E-state index contributed by atoms with van der Waals surface area (Å²) in [7, 11) is 0. The average Bonchev–Trinajstić information content (AvgIpc) is 2.72. The van der Waals surface area contributed by atoms with Gasteiger partial charge in [-0.2, -0.15) is 0 Å². The van der Waals surface area contributed by atoms with Crippen LogP contribution in [0.5, 0.6) is 5.75 Å². The molecule has 148 valence electrons. The molecule has 0 aromatic heterocycles. The summed E-state index contributed by atoms with van der Waals surface area (Å²) >= 11 is 0. The van der Waals surface area contributed by atoms with Crippen LogP contribution < -0.4 is 4.74 Å². The summed E-state index contributed by atoms with van der Waals surface area (Å²) in [6, 6.07) is 11.7. The van der Waals surface area contributed by atoms with E-state index in [1.807, 2.05) is 6.92 Å². The third kappa shape index (κ3) is 4.81. The van der Waals surface area contributed by atoms with E-state index in [0.29, 0.717) is 35.5 Å². The fourth-order valence-corrected chi connectivity index (χ4v) is 3.06. The molecule has 2 aromatic rings. The number of rotatable bonds is 4. The predicted octanol–water partition coefficient (Wildman–Crippen LogP) is 6.92. The lowest BCUT2D eigenvalue weighted by Gasteiger charge is -2.14. The number of allylic oxidation sites excluding steroid dienone is 6. The first-order chi connectivity index (χ1) is 14.0. The van der Waals surface area contributed by atoms with Gasteiger partial charge in [-0.15, -0.1) is 0 Å². The number of hydrogen-bond donors (Lipinski definition) is 0. The molecule has 1 nitrogen and oxygen atoms in total. The van der Waals surface area contributed by atoms with Gasteiger partial charge in [0.2, 0.25) is 0 Å². The lowest BCUT2D eigenvalue weighted by Crippen LogP contribution is -2.05. The summed E-state index contributed by atoms with van der Waals surface area (Å²) in [5, 5.41) is 0. The van der Waals surface area contributed by atoms with E-state index < -0.39 is 17.6 Å². The molecule has 0 radical (unpaired) electrons. The maximum atomic E-state index is 14.3. The van der Waals surface area contributed by atoms with Crippen LogP contribution in [0.3, 0.4) is 0 Å². The second kappa shape index (κ2) is 9.34. The normalized spacial score (nSPS) is 16.4. The largest absolute Gasteiger partial charge is 0.494 e. The Kier molecular flexibility index (Phi) is 6.61. The summed E-state index contributed by atoms with van der Waals surface area (Å²) in [4.78, 5) is 0. The Balaban J connectivity index is 1.76. The molecule has 29 heavy (non-hydrogen) atoms. The van der Waals surface area contributed by atoms with Crippen molar-refractivity contribution in [2.45, 2.75) is 20.3 Å². The van der Waals surface area contributed by atoms with E-state index in [2.05, 4.69) is 11.8 Å². The van der Waals surface area contributed by atoms with Crippen LogP contribution in [0.25, 0.3) is 11.1 Å². The molecule has 3 rings (SSSR count). The van der Waals surface area contributed by atoms with Crippen molar-refractivity contribution in [2.75, 3.05) is 6.61 Å². The van der Waals surface area contributed by atoms with Crippen LogP contribution in [-0.4, -0.2) is 6.61 Å². The van der Waals surface area contributed by atoms with Gasteiger partial charge in [0.15, 0.2) is 11.7 Å². The SMILES string of the molecule is C/C=C/C1=CCC(C#Cc2ccc(-c3ccc(OCC)cc3F)cc2)C(F)=C1F. The summed E-state index contributed by atoms with van der Waals surface area (Å²) in [6.45, 7) is 4.06. The molecule has 1 aliphatic carbocycles. The molecule has 0 aliphatic heterocycles. The molecular weight excluding hydrogens is 373 g/mol. The second-order valence-corrected chi connectivity index (χ2v) is 6.53. The first-order valence-corrected chi connectivity index (χ1v) is 9.46. The van der Waals surface area contributed by atoms with Crippen LogP contribution in [0.15, 0.2) is 77.9 Å². The molecule has 0 amide bonds. The van der Waals surface area contributed by atoms with Crippen LogP contribution >= 0.6 is 0 Å². The van der Waals surface area contributed by atoms with Crippen LogP contribution in [0.4, 0.5) is 13.2 Å². The molecule has 0 spiro atoms. The van der Waals surface area contributed by atoms with Crippen molar-refractivity contribution in [3.05, 3.63) is 89.3 Å². The van der Waals surface area contributed by atoms with E-state index in [1.165, 1.54) is 12.1 Å². The molecule has 2 aromatic carbocycles. The highest BCUT2D eigenvalue weighted by atomic mass is 19.2. The molecule has 1 aliphatic rings. The highest BCUT2D eigenvalue weighted by Gasteiger charge is 2.22. The lowest BCUT2D eigenvalue weighted by molar-refractivity contribution is 0.338. The predicted molar refractivity (Wildman–Crippen MR) is 110 cm³/mol. The number of ether oxygens (including phenoxy) is 1. The average molecular weight is 394 g/mol. The van der Waals surface area contributed by atoms with Crippen LogP contribution in [0.2, 0.25) is 0 Å². The first-order valence-electron chi connectivity index (χ1n) is 9.46. The highest BCUT2D eigenvalue weighted by molar-refractivity contribution is 5.66. The fraction of sp³-hybridized carbons (Fsp3) is 0.200. The minimum atomic E-state index is -0.852. The quantitative estimate of drug-likeness (QED) is 0.512. The van der Waals surface area contributed by atoms with Crippen molar-refractivity contribution in [1.82, 2.24) is 0 Å². The van der Waals surface area contributed by atoms with Gasteiger partial charge in [0.05, 0.1) is 12.5 Å². The van der Waals surface area contributed by atoms with Gasteiger partial charge in [0.25, 0.3) is 0 Å². The Morgan fingerprint density at radius 2 is 1.86 bits per heavy atom. The summed E-state index contributed by atoms with van der Waals surface area (Å²) in [5.74, 6) is 3.30. The van der Waals surface area contributed by atoms with Crippen molar-refractivity contribution in [3.8, 4) is 28.7 Å². The molecule has 0 N–H and O–H groups in total. The smallest absolute Gasteiger partial charge is 0.162 e. The molecule has 0 heterocycles. The van der Waals surface area contributed by atoms with Crippen molar-refractivity contribution in [1.29, 1.82) is 0 Å². The van der Waals surface area contributed by atoms with Crippen molar-refractivity contribution in [3.63, 3.8) is 0 Å². The van der Waals surface area contributed by atoms with Gasteiger partial charge in [0, 0.05) is 22.8 Å². The first kappa shape index (κ1) is 20.5. The zero-order chi connectivity index (χ0) is 20.8. The Morgan fingerprint density at radius 3 is 2.52 bits per heavy atom. The maximum Gasteiger partial charge on any atom is 0.162 e. The Hall–Kier alpha value is -3.19. The monoisotopic (exact) mass is 394 g/mol. The Bertz CT molecular complexity index is 1030. The minimum Gasteiger partial charge on any atom is -0.494 e. The molecule has 4 heteroatoms. The molecule has 0 saturated heterocycles. The van der Waals surface area contributed by atoms with E-state index in [-0.39, 0.29) is 11.4 Å². The van der Waals surface area contributed by atoms with Crippen LogP contribution in [0, 0.1) is 23.6 Å². The molecular formula is C25H21F3O. The molecule has 0 saturated carbocycles. The molecule has 0 fully saturated rings. The van der Waals surface area contributed by atoms with E-state index in [9.17, 15) is 13.2 Å². The third-order valence-electron chi connectivity index (χ3n) is 4.53. The van der Waals surface area contributed by atoms with E-state index in [0.717, 1.165) is 0 Å². The van der Waals surface area contributed by atoms with Gasteiger partial charge in [-0.05, 0) is 50.1 Å². The minimum absolute atomic E-state index is 0.254. The van der Waals surface area contributed by atoms with Gasteiger partial charge in [-0.3, -0.25) is 0 Å². The fourth-order valence-electron chi connectivity index (χ4n) is 3.06. The molecule has 1 unspecified atom stereocenters. The van der Waals surface area contributed by atoms with Gasteiger partial charge >= 0.3 is 0 Å². The third-order valence-corrected chi connectivity index (χ3v) is 4.53. The summed E-state index contributed by atoms with van der Waals surface area (Å²) in [5.41, 5.74) is 2.06. The van der Waals surface area contributed by atoms with Crippen LogP contribution in [0.1, 0.15) is 25.8 Å². The highest BCUT2D eigenvalue weighted by Crippen LogP contribution is 2.32. The van der Waals surface area contributed by atoms with Gasteiger partial charge in [-0.1, -0.05) is 42.2 Å². The van der Waals surface area contributed by atoms with Crippen molar-refractivity contribution in [2.24, 2.45) is 5.92 Å². The Labute approximate surface area is 169 Å². The van der Waals surface area contributed by atoms with Crippen molar-refractivity contribution >= 4 is 0 Å². The van der Waals surface area contributed by atoms with Gasteiger partial charge in [0.1, 0.15) is 11.6 Å². The topological polar surface area (TPSA) is 9.23 Å². The summed E-state index contributed by atoms with van der Waals surface area (Å²) < 4.78 is 47.9. The molecule has 1 atom stereocenters. The second-order valence-electron chi connectivity index (χ2n) is 6.53. The Morgan fingerprint density at radius 1 is 1.10 bits per heavy atom. The van der Waals surface area contributed by atoms with E-state index in [4.69, 9.17) is 4.74 Å². The number of halogens is 3. The standard InChI is InChI=1S/C25H21F3O/c1-3-5-19-12-13-20(25(28)24(19)27)11-8-17-6-9-18(10-7-17)22-15-14-21(29-4-2)16-23(22)26/h3,5-7,9-10,12,14-16,20H,4,13H2,1-2H3/b5-3+. The van der Waals surface area contributed by atoms with E-state index >= 15 is 0 Å². The van der Waals surface area contributed by atoms with Crippen LogP contribution in [-0.2, 0) is 0 Å².